The zero-order valence-electron chi connectivity index (χ0n) is 12.7. The second-order valence-electron chi connectivity index (χ2n) is 5.93. The number of nitrogens with zero attached hydrogens (tertiary/aromatic N) is 1. The van der Waals surface area contributed by atoms with Gasteiger partial charge in [0.1, 0.15) is 0 Å². The topological polar surface area (TPSA) is 15.3 Å². The van der Waals surface area contributed by atoms with Crippen LogP contribution in [0.3, 0.4) is 0 Å². The molecule has 1 heterocycles. The quantitative estimate of drug-likeness (QED) is 0.874. The number of piperidine rings is 1. The van der Waals surface area contributed by atoms with Crippen molar-refractivity contribution in [1.82, 2.24) is 10.2 Å². The molecule has 0 saturated carbocycles. The highest BCUT2D eigenvalue weighted by Crippen LogP contribution is 2.22. The summed E-state index contributed by atoms with van der Waals surface area (Å²) < 4.78 is 0. The van der Waals surface area contributed by atoms with Crippen LogP contribution in [0.1, 0.15) is 42.4 Å². The first-order valence-electron chi connectivity index (χ1n) is 7.65. The summed E-state index contributed by atoms with van der Waals surface area (Å²) in [5, 5.41) is 3.29. The number of rotatable bonds is 5. The van der Waals surface area contributed by atoms with Crippen LogP contribution < -0.4 is 5.32 Å². The molecule has 0 bridgehead atoms. The highest BCUT2D eigenvalue weighted by molar-refractivity contribution is 5.29. The molecule has 2 heteroatoms. The van der Waals surface area contributed by atoms with Crippen molar-refractivity contribution in [2.75, 3.05) is 20.1 Å². The van der Waals surface area contributed by atoms with E-state index in [2.05, 4.69) is 49.3 Å². The number of nitrogens with one attached hydrogen (secondary N) is 1. The van der Waals surface area contributed by atoms with Crippen molar-refractivity contribution in [3.63, 3.8) is 0 Å². The summed E-state index contributed by atoms with van der Waals surface area (Å²) in [5.41, 5.74) is 4.29. The molecule has 1 aromatic carbocycles. The Balaban J connectivity index is 1.99. The van der Waals surface area contributed by atoms with Crippen LogP contribution in [0.4, 0.5) is 0 Å². The molecule has 1 aliphatic heterocycles. The predicted octanol–water partition coefficient (Wildman–Crippen LogP) is 3.27. The third-order valence-electron chi connectivity index (χ3n) is 4.43. The maximum Gasteiger partial charge on any atom is 0.0236 e. The fourth-order valence-electron chi connectivity index (χ4n) is 3.04. The molecule has 0 aliphatic carbocycles. The number of hydrogen-bond donors (Lipinski definition) is 1. The number of benzene rings is 1. The smallest absolute Gasteiger partial charge is 0.0236 e. The van der Waals surface area contributed by atoms with Gasteiger partial charge in [0.05, 0.1) is 0 Å². The average Bonchev–Trinajstić information content (AvgIpc) is 2.42. The highest BCUT2D eigenvalue weighted by atomic mass is 15.2. The minimum absolute atomic E-state index is 0.766. The van der Waals surface area contributed by atoms with Gasteiger partial charge in [-0.1, -0.05) is 24.6 Å². The molecule has 0 amide bonds. The summed E-state index contributed by atoms with van der Waals surface area (Å²) in [7, 11) is 2.05. The Morgan fingerprint density at radius 1 is 1.21 bits per heavy atom. The molecule has 106 valence electrons. The number of likely N-dealkylation sites (tertiary alicyclic amines) is 1. The van der Waals surface area contributed by atoms with Crippen LogP contribution in [-0.4, -0.2) is 31.1 Å². The van der Waals surface area contributed by atoms with Gasteiger partial charge in [0.25, 0.3) is 0 Å². The molecule has 0 radical (unpaired) electrons. The summed E-state index contributed by atoms with van der Waals surface area (Å²) in [4.78, 5) is 2.69. The molecule has 1 N–H and O–H groups in total. The zero-order chi connectivity index (χ0) is 13.7. The highest BCUT2D eigenvalue weighted by Gasteiger charge is 2.21. The first-order chi connectivity index (χ1) is 9.20. The largest absolute Gasteiger partial charge is 0.320 e. The lowest BCUT2D eigenvalue weighted by molar-refractivity contribution is 0.132. The Morgan fingerprint density at radius 2 is 2.05 bits per heavy atom. The maximum absolute atomic E-state index is 3.29. The van der Waals surface area contributed by atoms with Crippen LogP contribution in [0.5, 0.6) is 0 Å². The molecule has 19 heavy (non-hydrogen) atoms. The van der Waals surface area contributed by atoms with Crippen molar-refractivity contribution in [3.05, 3.63) is 34.9 Å². The fourth-order valence-corrected chi connectivity index (χ4v) is 3.04. The lowest BCUT2D eigenvalue weighted by atomic mass is 9.98. The minimum atomic E-state index is 0.766. The molecule has 0 aromatic heterocycles. The second-order valence-corrected chi connectivity index (χ2v) is 5.93. The molecule has 1 unspecified atom stereocenters. The van der Waals surface area contributed by atoms with Crippen LogP contribution >= 0.6 is 0 Å². The summed E-state index contributed by atoms with van der Waals surface area (Å²) in [6.45, 7) is 7.92. The van der Waals surface area contributed by atoms with Gasteiger partial charge in [0.15, 0.2) is 0 Å². The van der Waals surface area contributed by atoms with Crippen LogP contribution in [0.15, 0.2) is 18.2 Å². The predicted molar refractivity (Wildman–Crippen MR) is 82.5 cm³/mol. The van der Waals surface area contributed by atoms with E-state index in [1.54, 1.807) is 0 Å². The SMILES string of the molecule is CNCCC1CCCCN1Cc1ccc(C)c(C)c1. The Bertz CT molecular complexity index is 400. The number of hydrogen-bond acceptors (Lipinski definition) is 2. The molecule has 2 nitrogen and oxygen atoms in total. The first kappa shape index (κ1) is 14.5. The van der Waals surface area contributed by atoms with Gasteiger partial charge in [-0.25, -0.2) is 0 Å². The van der Waals surface area contributed by atoms with E-state index in [1.807, 2.05) is 0 Å². The molecule has 2 rings (SSSR count). The molecule has 1 aliphatic rings. The van der Waals surface area contributed by atoms with Crippen LogP contribution in [0, 0.1) is 13.8 Å². The lowest BCUT2D eigenvalue weighted by Crippen LogP contribution is -2.40. The maximum atomic E-state index is 3.29. The van der Waals surface area contributed by atoms with Gasteiger partial charge in [-0.2, -0.15) is 0 Å². The fraction of sp³-hybridized carbons (Fsp3) is 0.647. The van der Waals surface area contributed by atoms with E-state index in [1.165, 1.54) is 48.9 Å². The first-order valence-corrected chi connectivity index (χ1v) is 7.65. The zero-order valence-corrected chi connectivity index (χ0v) is 12.7. The summed E-state index contributed by atoms with van der Waals surface area (Å²) in [6.07, 6.45) is 5.41. The second kappa shape index (κ2) is 7.06. The van der Waals surface area contributed by atoms with Crippen LogP contribution in [-0.2, 0) is 6.54 Å². The molecule has 1 saturated heterocycles. The molecule has 0 spiro atoms. The van der Waals surface area contributed by atoms with Crippen LogP contribution in [0.2, 0.25) is 0 Å². The Morgan fingerprint density at radius 3 is 2.79 bits per heavy atom. The molecular formula is C17H28N2. The van der Waals surface area contributed by atoms with E-state index in [9.17, 15) is 0 Å². The minimum Gasteiger partial charge on any atom is -0.320 e. The van der Waals surface area contributed by atoms with Crippen LogP contribution in [0.25, 0.3) is 0 Å². The van der Waals surface area contributed by atoms with Crippen molar-refractivity contribution in [1.29, 1.82) is 0 Å². The van der Waals surface area contributed by atoms with Crippen molar-refractivity contribution in [3.8, 4) is 0 Å². The van der Waals surface area contributed by atoms with Gasteiger partial charge in [-0.05, 0) is 69.9 Å². The Kier molecular flexibility index (Phi) is 5.41. The van der Waals surface area contributed by atoms with Gasteiger partial charge in [0.2, 0.25) is 0 Å². The van der Waals surface area contributed by atoms with Gasteiger partial charge in [-0.15, -0.1) is 0 Å². The van der Waals surface area contributed by atoms with E-state index >= 15 is 0 Å². The van der Waals surface area contributed by atoms with Crippen molar-refractivity contribution >= 4 is 0 Å². The third-order valence-corrected chi connectivity index (χ3v) is 4.43. The number of aryl methyl sites for hydroxylation is 2. The molecule has 1 fully saturated rings. The Labute approximate surface area is 118 Å². The standard InChI is InChI=1S/C17H28N2/c1-14-7-8-16(12-15(14)2)13-19-11-5-4-6-17(19)9-10-18-3/h7-8,12,17-18H,4-6,9-11,13H2,1-3H3. The van der Waals surface area contributed by atoms with Gasteiger partial charge in [0, 0.05) is 12.6 Å². The van der Waals surface area contributed by atoms with E-state index in [4.69, 9.17) is 0 Å². The summed E-state index contributed by atoms with van der Waals surface area (Å²) >= 11 is 0. The van der Waals surface area contributed by atoms with E-state index < -0.39 is 0 Å². The Hall–Kier alpha value is -0.860. The van der Waals surface area contributed by atoms with Gasteiger partial charge < -0.3 is 5.32 Å². The van der Waals surface area contributed by atoms with E-state index in [-0.39, 0.29) is 0 Å². The summed E-state index contributed by atoms with van der Waals surface area (Å²) in [5.74, 6) is 0. The average molecular weight is 260 g/mol. The lowest BCUT2D eigenvalue weighted by Gasteiger charge is -2.36. The molecule has 1 aromatic rings. The summed E-state index contributed by atoms with van der Waals surface area (Å²) in [6, 6.07) is 7.69. The van der Waals surface area contributed by atoms with Gasteiger partial charge in [-0.3, -0.25) is 4.90 Å². The van der Waals surface area contributed by atoms with Gasteiger partial charge >= 0.3 is 0 Å². The normalized spacial score (nSPS) is 20.7. The van der Waals surface area contributed by atoms with Crippen molar-refractivity contribution < 1.29 is 0 Å². The molecule has 1 atom stereocenters. The van der Waals surface area contributed by atoms with E-state index in [0.29, 0.717) is 0 Å². The van der Waals surface area contributed by atoms with Crippen molar-refractivity contribution in [2.24, 2.45) is 0 Å². The van der Waals surface area contributed by atoms with Crippen molar-refractivity contribution in [2.45, 2.75) is 52.1 Å². The third kappa shape index (κ3) is 4.05. The molecular weight excluding hydrogens is 232 g/mol. The monoisotopic (exact) mass is 260 g/mol. The van der Waals surface area contributed by atoms with E-state index in [0.717, 1.165) is 19.1 Å².